The summed E-state index contributed by atoms with van der Waals surface area (Å²) in [6, 6.07) is 8.64. The van der Waals surface area contributed by atoms with Gasteiger partial charge in [0.2, 0.25) is 0 Å². The standard InChI is InChI=1S/C19H26NP/c20-13-18-11-10-17(12-19(18)21)16-8-6-15(7-9-16)14-4-2-1-3-5-14/h10-12,14-16H,1-9,21H2. The first kappa shape index (κ1) is 15.1. The van der Waals surface area contributed by atoms with Crippen LogP contribution in [0.5, 0.6) is 0 Å². The monoisotopic (exact) mass is 299 g/mol. The predicted molar refractivity (Wildman–Crippen MR) is 91.8 cm³/mol. The van der Waals surface area contributed by atoms with Gasteiger partial charge in [0.15, 0.2) is 0 Å². The van der Waals surface area contributed by atoms with Crippen molar-refractivity contribution in [2.75, 3.05) is 0 Å². The number of rotatable bonds is 2. The lowest BCUT2D eigenvalue weighted by atomic mass is 9.70. The van der Waals surface area contributed by atoms with Crippen LogP contribution in [0.25, 0.3) is 0 Å². The summed E-state index contributed by atoms with van der Waals surface area (Å²) < 4.78 is 0. The third-order valence-corrected chi connectivity index (χ3v) is 6.23. The molecule has 1 nitrogen and oxygen atoms in total. The molecule has 2 fully saturated rings. The molecule has 0 radical (unpaired) electrons. The summed E-state index contributed by atoms with van der Waals surface area (Å²) in [5.41, 5.74) is 2.24. The molecule has 3 rings (SSSR count). The van der Waals surface area contributed by atoms with E-state index in [0.717, 1.165) is 28.6 Å². The maximum atomic E-state index is 9.04. The van der Waals surface area contributed by atoms with Crippen LogP contribution in [0.4, 0.5) is 0 Å². The van der Waals surface area contributed by atoms with E-state index in [-0.39, 0.29) is 0 Å². The first-order chi connectivity index (χ1) is 10.3. The summed E-state index contributed by atoms with van der Waals surface area (Å²) >= 11 is 0. The van der Waals surface area contributed by atoms with E-state index in [9.17, 15) is 0 Å². The van der Waals surface area contributed by atoms with Crippen LogP contribution in [-0.2, 0) is 0 Å². The highest BCUT2D eigenvalue weighted by Crippen LogP contribution is 2.42. The van der Waals surface area contributed by atoms with Crippen molar-refractivity contribution in [3.05, 3.63) is 29.3 Å². The lowest BCUT2D eigenvalue weighted by Crippen LogP contribution is -2.23. The Morgan fingerprint density at radius 1 is 0.905 bits per heavy atom. The molecule has 0 aliphatic heterocycles. The van der Waals surface area contributed by atoms with Crippen molar-refractivity contribution in [3.8, 4) is 6.07 Å². The topological polar surface area (TPSA) is 23.8 Å². The van der Waals surface area contributed by atoms with Crippen LogP contribution in [0.15, 0.2) is 18.2 Å². The van der Waals surface area contributed by atoms with Crippen LogP contribution < -0.4 is 5.30 Å². The molecular weight excluding hydrogens is 273 g/mol. The molecule has 0 spiro atoms. The summed E-state index contributed by atoms with van der Waals surface area (Å²) in [6.45, 7) is 0. The Kier molecular flexibility index (Phi) is 4.97. The lowest BCUT2D eigenvalue weighted by Gasteiger charge is -2.36. The maximum absolute atomic E-state index is 9.04. The first-order valence-corrected chi connectivity index (χ1v) is 9.15. The fourth-order valence-corrected chi connectivity index (χ4v) is 4.82. The molecule has 0 N–H and O–H groups in total. The Labute approximate surface area is 131 Å². The Hall–Kier alpha value is -0.860. The smallest absolute Gasteiger partial charge is 0.0998 e. The van der Waals surface area contributed by atoms with Crippen molar-refractivity contribution in [1.82, 2.24) is 0 Å². The summed E-state index contributed by atoms with van der Waals surface area (Å²) in [5.74, 6) is 2.74. The SMILES string of the molecule is N#Cc1ccc(C2CCC(C3CCCCC3)CC2)cc1P. The van der Waals surface area contributed by atoms with Crippen LogP contribution in [0, 0.1) is 23.2 Å². The van der Waals surface area contributed by atoms with E-state index >= 15 is 0 Å². The molecule has 0 aromatic heterocycles. The van der Waals surface area contributed by atoms with E-state index < -0.39 is 0 Å². The van der Waals surface area contributed by atoms with Crippen molar-refractivity contribution in [2.24, 2.45) is 11.8 Å². The average molecular weight is 299 g/mol. The third-order valence-electron chi connectivity index (χ3n) is 5.76. The summed E-state index contributed by atoms with van der Waals surface area (Å²) in [5, 5.41) is 10.1. The molecule has 1 aromatic rings. The van der Waals surface area contributed by atoms with Crippen LogP contribution in [0.2, 0.25) is 0 Å². The minimum absolute atomic E-state index is 0.719. The number of nitrogens with zero attached hydrogens (tertiary/aromatic N) is 1. The molecule has 1 aromatic carbocycles. The highest BCUT2D eigenvalue weighted by Gasteiger charge is 2.29. The second-order valence-electron chi connectivity index (χ2n) is 6.97. The number of hydrogen-bond donors (Lipinski definition) is 0. The molecule has 1 atom stereocenters. The van der Waals surface area contributed by atoms with Gasteiger partial charge in [-0.3, -0.25) is 0 Å². The van der Waals surface area contributed by atoms with Crippen LogP contribution in [0.1, 0.15) is 74.8 Å². The fourth-order valence-electron chi connectivity index (χ4n) is 4.47. The van der Waals surface area contributed by atoms with E-state index in [1.165, 1.54) is 63.4 Å². The van der Waals surface area contributed by atoms with Gasteiger partial charge in [0.25, 0.3) is 0 Å². The minimum atomic E-state index is 0.719. The van der Waals surface area contributed by atoms with Gasteiger partial charge in [-0.1, -0.05) is 44.2 Å². The molecule has 0 amide bonds. The molecule has 0 saturated heterocycles. The average Bonchev–Trinajstić information content (AvgIpc) is 2.56. The lowest BCUT2D eigenvalue weighted by molar-refractivity contribution is 0.186. The molecule has 0 heterocycles. The van der Waals surface area contributed by atoms with Gasteiger partial charge in [-0.2, -0.15) is 5.26 Å². The van der Waals surface area contributed by atoms with E-state index in [0.29, 0.717) is 0 Å². The Bertz CT molecular complexity index is 517. The van der Waals surface area contributed by atoms with Crippen molar-refractivity contribution < 1.29 is 0 Å². The van der Waals surface area contributed by atoms with Gasteiger partial charge in [0.1, 0.15) is 0 Å². The van der Waals surface area contributed by atoms with Crippen LogP contribution >= 0.6 is 9.24 Å². The maximum Gasteiger partial charge on any atom is 0.0998 e. The highest BCUT2D eigenvalue weighted by atomic mass is 31.0. The summed E-state index contributed by atoms with van der Waals surface area (Å²) in [4.78, 5) is 0. The molecule has 2 saturated carbocycles. The van der Waals surface area contributed by atoms with E-state index in [1.54, 1.807) is 0 Å². The normalized spacial score (nSPS) is 27.2. The van der Waals surface area contributed by atoms with Gasteiger partial charge in [0, 0.05) is 0 Å². The Morgan fingerprint density at radius 3 is 2.19 bits per heavy atom. The first-order valence-electron chi connectivity index (χ1n) is 8.57. The van der Waals surface area contributed by atoms with Crippen molar-refractivity contribution in [1.29, 1.82) is 5.26 Å². The highest BCUT2D eigenvalue weighted by molar-refractivity contribution is 7.27. The number of hydrogen-bond acceptors (Lipinski definition) is 1. The van der Waals surface area contributed by atoms with Crippen molar-refractivity contribution in [3.63, 3.8) is 0 Å². The van der Waals surface area contributed by atoms with Gasteiger partial charge in [0.05, 0.1) is 11.6 Å². The van der Waals surface area contributed by atoms with Crippen LogP contribution in [-0.4, -0.2) is 0 Å². The summed E-state index contributed by atoms with van der Waals surface area (Å²) in [6.07, 6.45) is 12.9. The van der Waals surface area contributed by atoms with E-state index in [2.05, 4.69) is 27.4 Å². The van der Waals surface area contributed by atoms with E-state index in [4.69, 9.17) is 5.26 Å². The molecule has 2 aliphatic carbocycles. The molecule has 2 aliphatic rings. The third kappa shape index (κ3) is 3.49. The molecule has 0 bridgehead atoms. The van der Waals surface area contributed by atoms with Crippen molar-refractivity contribution in [2.45, 2.75) is 63.7 Å². The molecule has 112 valence electrons. The predicted octanol–water partition coefficient (Wildman–Crippen LogP) is 4.91. The van der Waals surface area contributed by atoms with Gasteiger partial charge in [-0.25, -0.2) is 0 Å². The van der Waals surface area contributed by atoms with Crippen LogP contribution in [0.3, 0.4) is 0 Å². The fraction of sp³-hybridized carbons (Fsp3) is 0.632. The number of benzene rings is 1. The zero-order valence-electron chi connectivity index (χ0n) is 12.9. The minimum Gasteiger partial charge on any atom is -0.192 e. The van der Waals surface area contributed by atoms with E-state index in [1.807, 2.05) is 6.07 Å². The molecule has 21 heavy (non-hydrogen) atoms. The summed E-state index contributed by atoms with van der Waals surface area (Å²) in [7, 11) is 2.71. The Balaban J connectivity index is 1.60. The van der Waals surface area contributed by atoms with Gasteiger partial charge in [-0.05, 0) is 60.4 Å². The quantitative estimate of drug-likeness (QED) is 0.712. The number of nitriles is 1. The Morgan fingerprint density at radius 2 is 1.57 bits per heavy atom. The largest absolute Gasteiger partial charge is 0.192 e. The second-order valence-corrected chi connectivity index (χ2v) is 7.59. The van der Waals surface area contributed by atoms with Gasteiger partial charge >= 0.3 is 0 Å². The van der Waals surface area contributed by atoms with Gasteiger partial charge < -0.3 is 0 Å². The molecule has 1 unspecified atom stereocenters. The zero-order valence-corrected chi connectivity index (χ0v) is 14.0. The zero-order chi connectivity index (χ0) is 14.7. The second kappa shape index (κ2) is 6.93. The van der Waals surface area contributed by atoms with Gasteiger partial charge in [-0.15, -0.1) is 9.24 Å². The molecular formula is C19H26NP. The van der Waals surface area contributed by atoms with Crippen molar-refractivity contribution >= 4 is 14.5 Å². The molecule has 2 heteroatoms.